The Balaban J connectivity index is 1.66. The second kappa shape index (κ2) is 10.5. The number of aromatic nitrogens is 1. The molecule has 0 fully saturated rings. The summed E-state index contributed by atoms with van der Waals surface area (Å²) in [6.07, 6.45) is 1.58. The highest BCUT2D eigenvalue weighted by molar-refractivity contribution is 7.93. The number of para-hydroxylation sites is 1. The zero-order chi connectivity index (χ0) is 26.7. The van der Waals surface area contributed by atoms with Crippen LogP contribution in [-0.2, 0) is 10.0 Å². The Morgan fingerprint density at radius 3 is 2.43 bits per heavy atom. The summed E-state index contributed by atoms with van der Waals surface area (Å²) in [7, 11) is -4.25. The fourth-order valence-electron chi connectivity index (χ4n) is 3.94. The third-order valence-corrected chi connectivity index (χ3v) is 7.44. The van der Waals surface area contributed by atoms with E-state index in [0.717, 1.165) is 34.3 Å². The molecule has 0 amide bonds. The predicted octanol–water partition coefficient (Wildman–Crippen LogP) is 6.21. The lowest BCUT2D eigenvalue weighted by Gasteiger charge is -2.13. The molecule has 0 aliphatic rings. The summed E-state index contributed by atoms with van der Waals surface area (Å²) in [5.74, 6) is 0. The van der Waals surface area contributed by atoms with Crippen LogP contribution < -0.4 is 10.1 Å². The van der Waals surface area contributed by atoms with Crippen molar-refractivity contribution in [3.05, 3.63) is 110 Å². The molecular formula is C26H24ClN5O4S. The first-order chi connectivity index (χ1) is 17.6. The summed E-state index contributed by atoms with van der Waals surface area (Å²) in [5, 5.41) is 15.8. The number of rotatable bonds is 8. The van der Waals surface area contributed by atoms with Gasteiger partial charge in [-0.15, -0.1) is 0 Å². The average molecular weight is 538 g/mol. The predicted molar refractivity (Wildman–Crippen MR) is 147 cm³/mol. The molecular weight excluding hydrogens is 514 g/mol. The van der Waals surface area contributed by atoms with E-state index in [-0.39, 0.29) is 27.0 Å². The molecule has 37 heavy (non-hydrogen) atoms. The standard InChI is InChI=1S/C26H24ClN5O4S/c1-17-7-6-8-21(13-17)31-18(2)14-20(19(31)3)16-28-29-25-12-11-22(32(33)34)15-26(25)37(35,36)30-24-10-5-4-9-23(24)27/h4-16,29-30H,1-3H3/b28-16-. The summed E-state index contributed by atoms with van der Waals surface area (Å²) in [5.41, 5.74) is 7.50. The molecule has 11 heteroatoms. The van der Waals surface area contributed by atoms with E-state index in [1.54, 1.807) is 18.3 Å². The monoisotopic (exact) mass is 537 g/mol. The van der Waals surface area contributed by atoms with Crippen LogP contribution >= 0.6 is 11.6 Å². The van der Waals surface area contributed by atoms with Gasteiger partial charge in [0.25, 0.3) is 15.7 Å². The van der Waals surface area contributed by atoms with Crippen LogP contribution in [0, 0.1) is 30.9 Å². The minimum absolute atomic E-state index is 0.0638. The molecule has 4 rings (SSSR count). The minimum atomic E-state index is -4.25. The largest absolute Gasteiger partial charge is 0.318 e. The van der Waals surface area contributed by atoms with Crippen molar-refractivity contribution in [2.45, 2.75) is 25.7 Å². The summed E-state index contributed by atoms with van der Waals surface area (Å²) >= 11 is 6.10. The summed E-state index contributed by atoms with van der Waals surface area (Å²) in [4.78, 5) is 10.3. The summed E-state index contributed by atoms with van der Waals surface area (Å²) in [6.45, 7) is 5.98. The molecule has 2 N–H and O–H groups in total. The minimum Gasteiger partial charge on any atom is -0.318 e. The molecule has 0 bridgehead atoms. The van der Waals surface area contributed by atoms with Gasteiger partial charge in [-0.1, -0.05) is 35.9 Å². The van der Waals surface area contributed by atoms with Crippen molar-refractivity contribution in [1.82, 2.24) is 4.57 Å². The first-order valence-electron chi connectivity index (χ1n) is 11.2. The van der Waals surface area contributed by atoms with Gasteiger partial charge in [-0.3, -0.25) is 20.3 Å². The van der Waals surface area contributed by atoms with Gasteiger partial charge in [-0.05, 0) is 62.7 Å². The Morgan fingerprint density at radius 1 is 0.973 bits per heavy atom. The van der Waals surface area contributed by atoms with Gasteiger partial charge in [0.1, 0.15) is 4.90 Å². The topological polar surface area (TPSA) is 119 Å². The number of benzene rings is 3. The van der Waals surface area contributed by atoms with Crippen molar-refractivity contribution in [3.8, 4) is 5.69 Å². The molecule has 190 valence electrons. The van der Waals surface area contributed by atoms with Gasteiger partial charge in [0.15, 0.2) is 0 Å². The van der Waals surface area contributed by atoms with Crippen LogP contribution in [0.15, 0.2) is 82.8 Å². The van der Waals surface area contributed by atoms with Crippen molar-refractivity contribution < 1.29 is 13.3 Å². The van der Waals surface area contributed by atoms with E-state index in [0.29, 0.717) is 0 Å². The lowest BCUT2D eigenvalue weighted by molar-refractivity contribution is -0.385. The number of aryl methyl sites for hydroxylation is 2. The Labute approximate surface area is 219 Å². The number of nitrogens with one attached hydrogen (secondary N) is 2. The zero-order valence-corrected chi connectivity index (χ0v) is 21.8. The SMILES string of the molecule is Cc1cccc(-n2c(C)cc(/C=N\Nc3ccc([N+](=O)[O-])cc3S(=O)(=O)Nc3ccccc3Cl)c2C)c1. The molecule has 9 nitrogen and oxygen atoms in total. The van der Waals surface area contributed by atoms with E-state index in [4.69, 9.17) is 11.6 Å². The highest BCUT2D eigenvalue weighted by Gasteiger charge is 2.23. The van der Waals surface area contributed by atoms with E-state index in [2.05, 4.69) is 25.9 Å². The maximum absolute atomic E-state index is 13.2. The number of nitro benzene ring substituents is 1. The Morgan fingerprint density at radius 2 is 1.73 bits per heavy atom. The third-order valence-electron chi connectivity index (χ3n) is 5.70. The lowest BCUT2D eigenvalue weighted by atomic mass is 10.2. The van der Waals surface area contributed by atoms with Crippen LogP contribution in [0.3, 0.4) is 0 Å². The maximum atomic E-state index is 13.2. The van der Waals surface area contributed by atoms with Gasteiger partial charge in [0.2, 0.25) is 0 Å². The van der Waals surface area contributed by atoms with Crippen LogP contribution in [0.2, 0.25) is 5.02 Å². The number of hydrogen-bond donors (Lipinski definition) is 2. The molecule has 1 heterocycles. The number of sulfonamides is 1. The number of anilines is 2. The summed E-state index contributed by atoms with van der Waals surface area (Å²) in [6, 6.07) is 19.9. The molecule has 1 aromatic heterocycles. The average Bonchev–Trinajstić information content (AvgIpc) is 3.13. The zero-order valence-electron chi connectivity index (χ0n) is 20.3. The van der Waals surface area contributed by atoms with Crippen LogP contribution in [-0.4, -0.2) is 24.1 Å². The molecule has 4 aromatic rings. The van der Waals surface area contributed by atoms with Gasteiger partial charge >= 0.3 is 0 Å². The highest BCUT2D eigenvalue weighted by atomic mass is 35.5. The van der Waals surface area contributed by atoms with E-state index in [1.807, 2.05) is 45.0 Å². The van der Waals surface area contributed by atoms with Crippen LogP contribution in [0.4, 0.5) is 17.1 Å². The van der Waals surface area contributed by atoms with Gasteiger partial charge in [0.05, 0.1) is 27.5 Å². The molecule has 0 aliphatic carbocycles. The summed E-state index contributed by atoms with van der Waals surface area (Å²) < 4.78 is 30.8. The van der Waals surface area contributed by atoms with Gasteiger partial charge in [-0.2, -0.15) is 5.10 Å². The maximum Gasteiger partial charge on any atom is 0.270 e. The van der Waals surface area contributed by atoms with Crippen LogP contribution in [0.25, 0.3) is 5.69 Å². The molecule has 0 radical (unpaired) electrons. The molecule has 0 aliphatic heterocycles. The van der Waals surface area contributed by atoms with E-state index in [9.17, 15) is 18.5 Å². The van der Waals surface area contributed by atoms with Gasteiger partial charge < -0.3 is 4.57 Å². The second-order valence-corrected chi connectivity index (χ2v) is 10.5. The quantitative estimate of drug-likeness (QED) is 0.157. The fourth-order valence-corrected chi connectivity index (χ4v) is 5.43. The Hall–Kier alpha value is -4.15. The number of hydrogen-bond acceptors (Lipinski definition) is 6. The van der Waals surface area contributed by atoms with Crippen molar-refractivity contribution in [2.24, 2.45) is 5.10 Å². The second-order valence-electron chi connectivity index (χ2n) is 8.39. The molecule has 0 unspecified atom stereocenters. The third kappa shape index (κ3) is 5.65. The van der Waals surface area contributed by atoms with E-state index < -0.39 is 14.9 Å². The smallest absolute Gasteiger partial charge is 0.270 e. The molecule has 0 spiro atoms. The van der Waals surface area contributed by atoms with Gasteiger partial charge in [0, 0.05) is 34.8 Å². The van der Waals surface area contributed by atoms with Crippen molar-refractivity contribution >= 4 is 44.9 Å². The first kappa shape index (κ1) is 25.9. The number of non-ortho nitro benzene ring substituents is 1. The molecule has 3 aromatic carbocycles. The number of halogens is 1. The van der Waals surface area contributed by atoms with Crippen molar-refractivity contribution in [2.75, 3.05) is 10.1 Å². The number of nitro groups is 1. The lowest BCUT2D eigenvalue weighted by Crippen LogP contribution is -2.15. The van der Waals surface area contributed by atoms with Crippen molar-refractivity contribution in [1.29, 1.82) is 0 Å². The van der Waals surface area contributed by atoms with E-state index >= 15 is 0 Å². The van der Waals surface area contributed by atoms with Crippen LogP contribution in [0.1, 0.15) is 22.5 Å². The van der Waals surface area contributed by atoms with Crippen molar-refractivity contribution in [3.63, 3.8) is 0 Å². The van der Waals surface area contributed by atoms with Crippen LogP contribution in [0.5, 0.6) is 0 Å². The molecule has 0 saturated carbocycles. The number of hydrazone groups is 1. The number of nitrogens with zero attached hydrogens (tertiary/aromatic N) is 3. The highest BCUT2D eigenvalue weighted by Crippen LogP contribution is 2.30. The normalized spacial score (nSPS) is 11.6. The fraction of sp³-hybridized carbons (Fsp3) is 0.115. The van der Waals surface area contributed by atoms with Gasteiger partial charge in [-0.25, -0.2) is 8.42 Å². The first-order valence-corrected chi connectivity index (χ1v) is 13.0. The molecule has 0 atom stereocenters. The van der Waals surface area contributed by atoms with E-state index in [1.165, 1.54) is 24.3 Å². The molecule has 0 saturated heterocycles. The Bertz CT molecular complexity index is 1630. The Kier molecular flexibility index (Phi) is 7.33.